The van der Waals surface area contributed by atoms with Gasteiger partial charge in [0.25, 0.3) is 0 Å². The smallest absolute Gasteiger partial charge is 0.544 e. The van der Waals surface area contributed by atoms with E-state index in [1.807, 2.05) is 12.1 Å². The van der Waals surface area contributed by atoms with Crippen LogP contribution >= 0.6 is 0 Å². The third-order valence-corrected chi connectivity index (χ3v) is 5.21. The van der Waals surface area contributed by atoms with Gasteiger partial charge in [0.05, 0.1) is 29.4 Å². The zero-order valence-electron chi connectivity index (χ0n) is 16.1. The second-order valence-electron chi connectivity index (χ2n) is 7.10. The number of aromatic nitrogens is 2. The van der Waals surface area contributed by atoms with Crippen molar-refractivity contribution in [1.29, 1.82) is 5.26 Å². The number of halogens is 2. The molecule has 1 fully saturated rings. The number of aryl methyl sites for hydroxylation is 1. The van der Waals surface area contributed by atoms with Gasteiger partial charge < -0.3 is 9.90 Å². The first-order valence-electron chi connectivity index (χ1n) is 8.91. The fourth-order valence-corrected chi connectivity index (χ4v) is 3.59. The average Bonchev–Trinajstić information content (AvgIpc) is 3.47. The summed E-state index contributed by atoms with van der Waals surface area (Å²) < 4.78 is 29.4. The number of aliphatic carboxylic acids is 1. The number of carboxylic acid groups (broad SMARTS) is 1. The van der Waals surface area contributed by atoms with Gasteiger partial charge in [-0.3, -0.25) is 4.68 Å². The molecule has 0 aliphatic heterocycles. The summed E-state index contributed by atoms with van der Waals surface area (Å²) in [6.45, 7) is 2.01. The van der Waals surface area contributed by atoms with Crippen LogP contribution in [0.25, 0.3) is 10.9 Å². The zero-order valence-corrected chi connectivity index (χ0v) is 19.2. The number of nitriles is 1. The van der Waals surface area contributed by atoms with E-state index in [1.165, 1.54) is 6.07 Å². The molecule has 0 unspecified atom stereocenters. The maximum absolute atomic E-state index is 13.9. The Morgan fingerprint density at radius 1 is 1.34 bits per heavy atom. The number of rotatable bonds is 5. The number of carbonyl (C=O) groups is 1. The van der Waals surface area contributed by atoms with Gasteiger partial charge in [0, 0.05) is 10.9 Å². The van der Waals surface area contributed by atoms with Crippen LogP contribution in [0.15, 0.2) is 36.4 Å². The number of alkyl halides is 2. The molecule has 0 radical (unpaired) electrons. The maximum Gasteiger partial charge on any atom is 1.00 e. The van der Waals surface area contributed by atoms with E-state index in [1.54, 1.807) is 17.7 Å². The standard InChI is InChI=1S/C21H17F2N3O2.K/c1-12-16-8-7-15(21(22,23)20(27)28)9-19(16)26(25-12)11-18-14(10-24)3-2-4-17(18)13-5-6-13;/h2-4,7-9,13H,5-6,11H2,1H3,(H,27,28);/q;+1/p-1. The van der Waals surface area contributed by atoms with Crippen LogP contribution in [0.3, 0.4) is 0 Å². The molecule has 4 rings (SSSR count). The quantitative estimate of drug-likeness (QED) is 0.545. The van der Waals surface area contributed by atoms with E-state index in [0.717, 1.165) is 36.1 Å². The number of carboxylic acids is 1. The molecule has 0 saturated heterocycles. The van der Waals surface area contributed by atoms with Crippen LogP contribution in [0.2, 0.25) is 0 Å². The number of carbonyl (C=O) groups excluding carboxylic acids is 1. The normalized spacial score (nSPS) is 13.7. The van der Waals surface area contributed by atoms with E-state index in [2.05, 4.69) is 11.2 Å². The second-order valence-corrected chi connectivity index (χ2v) is 7.10. The Hall–Kier alpha value is -1.63. The van der Waals surface area contributed by atoms with Crippen LogP contribution in [0.4, 0.5) is 8.78 Å². The van der Waals surface area contributed by atoms with Gasteiger partial charge in [0.15, 0.2) is 0 Å². The van der Waals surface area contributed by atoms with Crippen LogP contribution in [0.1, 0.15) is 46.7 Å². The second kappa shape index (κ2) is 8.24. The molecule has 0 atom stereocenters. The fourth-order valence-electron chi connectivity index (χ4n) is 3.59. The minimum absolute atomic E-state index is 0. The monoisotopic (exact) mass is 419 g/mol. The minimum atomic E-state index is -4.10. The fraction of sp³-hybridized carbons (Fsp3) is 0.286. The van der Waals surface area contributed by atoms with Gasteiger partial charge in [-0.1, -0.05) is 24.3 Å². The molecule has 0 spiro atoms. The molecular formula is C21H16F2KN3O2. The van der Waals surface area contributed by atoms with Gasteiger partial charge in [0.1, 0.15) is 5.97 Å². The van der Waals surface area contributed by atoms with Gasteiger partial charge in [-0.05, 0) is 48.9 Å². The number of nitrogens with zero attached hydrogens (tertiary/aromatic N) is 3. The predicted molar refractivity (Wildman–Crippen MR) is 95.6 cm³/mol. The van der Waals surface area contributed by atoms with E-state index < -0.39 is 17.5 Å². The maximum atomic E-state index is 13.9. The van der Waals surface area contributed by atoms with Crippen molar-refractivity contribution in [2.45, 2.75) is 38.2 Å². The van der Waals surface area contributed by atoms with Crippen LogP contribution in [-0.4, -0.2) is 15.7 Å². The Balaban J connectivity index is 0.00000240. The summed E-state index contributed by atoms with van der Waals surface area (Å²) in [5.74, 6) is -6.13. The Morgan fingerprint density at radius 3 is 2.69 bits per heavy atom. The summed E-state index contributed by atoms with van der Waals surface area (Å²) >= 11 is 0. The SMILES string of the molecule is Cc1nn(Cc2c(C#N)cccc2C2CC2)c2cc(C(F)(F)C(=O)[O-])ccc12.[K+]. The van der Waals surface area contributed by atoms with E-state index in [4.69, 9.17) is 0 Å². The first-order chi connectivity index (χ1) is 13.3. The van der Waals surface area contributed by atoms with Crippen molar-refractivity contribution in [2.75, 3.05) is 0 Å². The van der Waals surface area contributed by atoms with E-state index in [9.17, 15) is 23.9 Å². The molecule has 8 heteroatoms. The van der Waals surface area contributed by atoms with Gasteiger partial charge >= 0.3 is 57.3 Å². The number of benzene rings is 2. The first-order valence-corrected chi connectivity index (χ1v) is 8.91. The van der Waals surface area contributed by atoms with E-state index in [0.29, 0.717) is 28.1 Å². The Kier molecular flexibility index (Phi) is 6.27. The first kappa shape index (κ1) is 22.1. The molecular weight excluding hydrogens is 403 g/mol. The van der Waals surface area contributed by atoms with E-state index >= 15 is 0 Å². The Labute approximate surface area is 208 Å². The number of hydrogen-bond acceptors (Lipinski definition) is 4. The predicted octanol–water partition coefficient (Wildman–Crippen LogP) is -0.0122. The summed E-state index contributed by atoms with van der Waals surface area (Å²) in [6.07, 6.45) is 2.12. The summed E-state index contributed by atoms with van der Waals surface area (Å²) in [5, 5.41) is 25.4. The van der Waals surface area contributed by atoms with Crippen molar-refractivity contribution in [3.8, 4) is 6.07 Å². The van der Waals surface area contributed by atoms with Crippen LogP contribution in [0.5, 0.6) is 0 Å². The van der Waals surface area contributed by atoms with Crippen molar-refractivity contribution in [3.05, 3.63) is 64.3 Å². The zero-order chi connectivity index (χ0) is 20.1. The summed E-state index contributed by atoms with van der Waals surface area (Å²) in [6, 6.07) is 11.4. The average molecular weight is 419 g/mol. The molecule has 1 aliphatic rings. The summed E-state index contributed by atoms with van der Waals surface area (Å²) in [7, 11) is 0. The Bertz CT molecular complexity index is 1150. The molecule has 3 aromatic rings. The molecule has 29 heavy (non-hydrogen) atoms. The third kappa shape index (κ3) is 4.02. The van der Waals surface area contributed by atoms with Crippen LogP contribution in [-0.2, 0) is 17.3 Å². The molecule has 0 amide bonds. The molecule has 1 aliphatic carbocycles. The van der Waals surface area contributed by atoms with Gasteiger partial charge in [-0.2, -0.15) is 19.1 Å². The topological polar surface area (TPSA) is 81.7 Å². The van der Waals surface area contributed by atoms with Crippen molar-refractivity contribution in [3.63, 3.8) is 0 Å². The molecule has 1 saturated carbocycles. The molecule has 1 aromatic heterocycles. The molecule has 0 bridgehead atoms. The van der Waals surface area contributed by atoms with Crippen molar-refractivity contribution < 1.29 is 70.1 Å². The minimum Gasteiger partial charge on any atom is -0.544 e. The van der Waals surface area contributed by atoms with Crippen molar-refractivity contribution in [1.82, 2.24) is 9.78 Å². The van der Waals surface area contributed by atoms with Crippen LogP contribution < -0.4 is 56.5 Å². The molecule has 0 N–H and O–H groups in total. The van der Waals surface area contributed by atoms with Crippen molar-refractivity contribution in [2.24, 2.45) is 0 Å². The molecule has 1 heterocycles. The molecule has 142 valence electrons. The van der Waals surface area contributed by atoms with Crippen molar-refractivity contribution >= 4 is 16.9 Å². The summed E-state index contributed by atoms with van der Waals surface area (Å²) in [4.78, 5) is 10.8. The number of fused-ring (bicyclic) bond motifs is 1. The van der Waals surface area contributed by atoms with Crippen LogP contribution in [0, 0.1) is 18.3 Å². The summed E-state index contributed by atoms with van der Waals surface area (Å²) in [5.41, 5.74) is 2.82. The number of hydrogen-bond donors (Lipinski definition) is 0. The van der Waals surface area contributed by atoms with Gasteiger partial charge in [-0.15, -0.1) is 0 Å². The third-order valence-electron chi connectivity index (χ3n) is 5.21. The molecule has 2 aromatic carbocycles. The van der Waals surface area contributed by atoms with Gasteiger partial charge in [0.2, 0.25) is 0 Å². The Morgan fingerprint density at radius 2 is 2.07 bits per heavy atom. The largest absolute Gasteiger partial charge is 1.00 e. The van der Waals surface area contributed by atoms with E-state index in [-0.39, 0.29) is 57.9 Å². The van der Waals surface area contributed by atoms with Gasteiger partial charge in [-0.25, -0.2) is 0 Å². The molecule has 5 nitrogen and oxygen atoms in total.